The number of amidine groups is 1. The fourth-order valence-electron chi connectivity index (χ4n) is 4.18. The van der Waals surface area contributed by atoms with E-state index in [0.717, 1.165) is 52.0 Å². The number of nitrogens with zero attached hydrogens (tertiary/aromatic N) is 2. The highest BCUT2D eigenvalue weighted by atomic mass is 16.5. The number of nitrogens with two attached hydrogens (primary N) is 1. The van der Waals surface area contributed by atoms with Crippen LogP contribution < -0.4 is 5.73 Å². The van der Waals surface area contributed by atoms with E-state index in [-0.39, 0.29) is 11.8 Å². The maximum Gasteiger partial charge on any atom is 0.338 e. The second-order valence-electron chi connectivity index (χ2n) is 8.17. The summed E-state index contributed by atoms with van der Waals surface area (Å²) < 4.78 is 7.15. The van der Waals surface area contributed by atoms with Crippen LogP contribution in [0, 0.1) is 12.3 Å². The maximum absolute atomic E-state index is 12.2. The van der Waals surface area contributed by atoms with Crippen molar-refractivity contribution in [3.63, 3.8) is 0 Å². The van der Waals surface area contributed by atoms with Crippen LogP contribution in [0.5, 0.6) is 0 Å². The molecule has 0 aliphatic heterocycles. The zero-order chi connectivity index (χ0) is 23.5. The Morgan fingerprint density at radius 2 is 1.85 bits per heavy atom. The Morgan fingerprint density at radius 1 is 1.12 bits per heavy atom. The summed E-state index contributed by atoms with van der Waals surface area (Å²) in [7, 11) is 1.39. The number of nitrogen functional groups attached to an aromatic ring is 1. The molecule has 0 bridgehead atoms. The zero-order valence-corrected chi connectivity index (χ0v) is 19.2. The minimum atomic E-state index is -0.347. The van der Waals surface area contributed by atoms with E-state index in [1.807, 2.05) is 49.4 Å². The third kappa shape index (κ3) is 4.37. The van der Waals surface area contributed by atoms with Crippen molar-refractivity contribution in [1.82, 2.24) is 9.55 Å². The van der Waals surface area contributed by atoms with E-state index in [0.29, 0.717) is 17.7 Å². The van der Waals surface area contributed by atoms with Crippen molar-refractivity contribution in [2.24, 2.45) is 5.73 Å². The fourth-order valence-corrected chi connectivity index (χ4v) is 4.18. The molecule has 0 atom stereocenters. The number of hydrogen-bond acceptors (Lipinski definition) is 4. The molecule has 1 aromatic heterocycles. The summed E-state index contributed by atoms with van der Waals surface area (Å²) >= 11 is 0. The van der Waals surface area contributed by atoms with Gasteiger partial charge in [0.05, 0.1) is 23.7 Å². The molecule has 0 amide bonds. The molecule has 0 radical (unpaired) electrons. The van der Waals surface area contributed by atoms with Crippen LogP contribution in [0.4, 0.5) is 0 Å². The zero-order valence-electron chi connectivity index (χ0n) is 19.2. The second kappa shape index (κ2) is 9.28. The first-order valence-corrected chi connectivity index (χ1v) is 11.0. The Bertz CT molecular complexity index is 1340. The van der Waals surface area contributed by atoms with Crippen LogP contribution in [0.3, 0.4) is 0 Å². The van der Waals surface area contributed by atoms with Gasteiger partial charge in [-0.05, 0) is 53.8 Å². The van der Waals surface area contributed by atoms with Crippen LogP contribution in [0.25, 0.3) is 22.2 Å². The van der Waals surface area contributed by atoms with Crippen LogP contribution >= 0.6 is 0 Å². The largest absolute Gasteiger partial charge is 0.465 e. The molecule has 6 nitrogen and oxygen atoms in total. The smallest absolute Gasteiger partial charge is 0.338 e. The third-order valence-electron chi connectivity index (χ3n) is 5.85. The standard InChI is InChI=1S/C27H28N4O2/c1-4-7-24-30-25-17(2)14-20(26(28)29)15-23(25)31(24)16-18-10-12-19(13-11-18)21-8-5-6-9-22(21)27(32)33-3/h5-6,8-15H,4,7,16H2,1-3H3,(H3,28,29). The summed E-state index contributed by atoms with van der Waals surface area (Å²) in [6.07, 6.45) is 1.86. The molecule has 0 aliphatic rings. The van der Waals surface area contributed by atoms with Crippen LogP contribution in [0.15, 0.2) is 60.7 Å². The fraction of sp³-hybridized carbons (Fsp3) is 0.222. The van der Waals surface area contributed by atoms with Gasteiger partial charge in [0, 0.05) is 18.5 Å². The first-order valence-electron chi connectivity index (χ1n) is 11.0. The topological polar surface area (TPSA) is 94.0 Å². The second-order valence-corrected chi connectivity index (χ2v) is 8.17. The lowest BCUT2D eigenvalue weighted by Gasteiger charge is -2.12. The van der Waals surface area contributed by atoms with E-state index in [9.17, 15) is 4.79 Å². The van der Waals surface area contributed by atoms with E-state index in [4.69, 9.17) is 20.9 Å². The number of ether oxygens (including phenoxy) is 1. The van der Waals surface area contributed by atoms with Gasteiger partial charge in [0.2, 0.25) is 0 Å². The highest BCUT2D eigenvalue weighted by Gasteiger charge is 2.16. The number of nitrogens with one attached hydrogen (secondary N) is 1. The molecule has 1 heterocycles. The minimum absolute atomic E-state index is 0.0541. The molecule has 168 valence electrons. The average molecular weight is 441 g/mol. The van der Waals surface area contributed by atoms with Crippen molar-refractivity contribution in [3.8, 4) is 11.1 Å². The lowest BCUT2D eigenvalue weighted by Crippen LogP contribution is -2.12. The number of fused-ring (bicyclic) bond motifs is 1. The predicted molar refractivity (Wildman–Crippen MR) is 132 cm³/mol. The van der Waals surface area contributed by atoms with E-state index in [1.165, 1.54) is 7.11 Å². The monoisotopic (exact) mass is 440 g/mol. The first kappa shape index (κ1) is 22.3. The number of esters is 1. The normalized spacial score (nSPS) is 11.0. The molecule has 3 aromatic carbocycles. The maximum atomic E-state index is 12.2. The van der Waals surface area contributed by atoms with E-state index < -0.39 is 0 Å². The lowest BCUT2D eigenvalue weighted by atomic mass is 9.98. The Labute approximate surface area is 193 Å². The Balaban J connectivity index is 1.73. The molecule has 4 rings (SSSR count). The van der Waals surface area contributed by atoms with E-state index in [2.05, 4.69) is 23.6 Å². The van der Waals surface area contributed by atoms with Crippen molar-refractivity contribution in [3.05, 3.63) is 88.7 Å². The molecular formula is C27H28N4O2. The van der Waals surface area contributed by atoms with Crippen molar-refractivity contribution in [1.29, 1.82) is 5.41 Å². The molecule has 0 spiro atoms. The predicted octanol–water partition coefficient (Wildman–Crippen LogP) is 5.08. The average Bonchev–Trinajstić information content (AvgIpc) is 3.17. The first-order chi connectivity index (χ1) is 15.9. The highest BCUT2D eigenvalue weighted by Crippen LogP contribution is 2.27. The van der Waals surface area contributed by atoms with Crippen molar-refractivity contribution >= 4 is 22.8 Å². The van der Waals surface area contributed by atoms with Gasteiger partial charge in [-0.3, -0.25) is 5.41 Å². The van der Waals surface area contributed by atoms with Gasteiger partial charge < -0.3 is 15.0 Å². The molecule has 4 aromatic rings. The van der Waals surface area contributed by atoms with Crippen LogP contribution in [-0.4, -0.2) is 28.5 Å². The minimum Gasteiger partial charge on any atom is -0.465 e. The Hall–Kier alpha value is -3.93. The van der Waals surface area contributed by atoms with Crippen LogP contribution in [0.1, 0.15) is 46.2 Å². The lowest BCUT2D eigenvalue weighted by molar-refractivity contribution is 0.0601. The Kier molecular flexibility index (Phi) is 6.27. The SMILES string of the molecule is CCCc1nc2c(C)cc(C(=N)N)cc2n1Cc1ccc(-c2ccccc2C(=O)OC)cc1. The number of benzene rings is 3. The molecule has 6 heteroatoms. The third-order valence-corrected chi connectivity index (χ3v) is 5.85. The number of rotatable bonds is 7. The molecule has 0 fully saturated rings. The summed E-state index contributed by atoms with van der Waals surface area (Å²) in [6.45, 7) is 4.81. The van der Waals surface area contributed by atoms with Gasteiger partial charge >= 0.3 is 5.97 Å². The van der Waals surface area contributed by atoms with E-state index in [1.54, 1.807) is 6.07 Å². The van der Waals surface area contributed by atoms with Gasteiger partial charge in [-0.1, -0.05) is 49.4 Å². The molecule has 0 unspecified atom stereocenters. The number of hydrogen-bond donors (Lipinski definition) is 2. The molecule has 33 heavy (non-hydrogen) atoms. The number of carbonyl (C=O) groups excluding carboxylic acids is 1. The van der Waals surface area contributed by atoms with Gasteiger partial charge in [-0.25, -0.2) is 9.78 Å². The van der Waals surface area contributed by atoms with Crippen molar-refractivity contribution < 1.29 is 9.53 Å². The number of methoxy groups -OCH3 is 1. The molecule has 3 N–H and O–H groups in total. The van der Waals surface area contributed by atoms with Gasteiger partial charge in [0.1, 0.15) is 11.7 Å². The molecular weight excluding hydrogens is 412 g/mol. The van der Waals surface area contributed by atoms with Crippen LogP contribution in [0.2, 0.25) is 0 Å². The summed E-state index contributed by atoms with van der Waals surface area (Å²) in [4.78, 5) is 17.1. The molecule has 0 saturated carbocycles. The number of aromatic nitrogens is 2. The van der Waals surface area contributed by atoms with Crippen LogP contribution in [-0.2, 0) is 17.7 Å². The number of imidazole rings is 1. The summed E-state index contributed by atoms with van der Waals surface area (Å²) in [6, 6.07) is 19.5. The number of carbonyl (C=O) groups is 1. The van der Waals surface area contributed by atoms with Gasteiger partial charge in [-0.15, -0.1) is 0 Å². The van der Waals surface area contributed by atoms with E-state index >= 15 is 0 Å². The molecule has 0 aliphatic carbocycles. The summed E-state index contributed by atoms with van der Waals surface area (Å²) in [5.74, 6) is 0.732. The quantitative estimate of drug-likeness (QED) is 0.238. The van der Waals surface area contributed by atoms with Gasteiger partial charge in [0.25, 0.3) is 0 Å². The van der Waals surface area contributed by atoms with Crippen molar-refractivity contribution in [2.75, 3.05) is 7.11 Å². The van der Waals surface area contributed by atoms with Gasteiger partial charge in [0.15, 0.2) is 0 Å². The molecule has 0 saturated heterocycles. The van der Waals surface area contributed by atoms with Crippen molar-refractivity contribution in [2.45, 2.75) is 33.2 Å². The number of aryl methyl sites for hydroxylation is 2. The summed E-state index contributed by atoms with van der Waals surface area (Å²) in [5, 5.41) is 7.87. The van der Waals surface area contributed by atoms with Gasteiger partial charge in [-0.2, -0.15) is 0 Å². The Morgan fingerprint density at radius 3 is 2.52 bits per heavy atom. The highest BCUT2D eigenvalue weighted by molar-refractivity contribution is 5.99. The summed E-state index contributed by atoms with van der Waals surface area (Å²) in [5.41, 5.74) is 12.9.